The Labute approximate surface area is 487 Å². The van der Waals surface area contributed by atoms with Gasteiger partial charge < -0.3 is 0 Å². The van der Waals surface area contributed by atoms with Gasteiger partial charge in [0.1, 0.15) is 0 Å². The summed E-state index contributed by atoms with van der Waals surface area (Å²) in [5, 5.41) is 0. The standard InChI is InChI=1S/C72H138S3/c1-67(2,3)39-27-55-19-25-61(64(51-55)31-43-71(13,14)15)36-48-73-45-33-57-22-26-62(65(53-57)32-44-72(16,17)18)37-49-74-46-35-58-21-24-60(29-41-69(7,8)9)66(54-58)38-50-75-47-34-56-20-23-59(28-40-68(4,5)6)63(52-56)30-42-70(10,11)12/h55-66H,19-54H2,1-18H3. The van der Waals surface area contributed by atoms with Gasteiger partial charge in [0.25, 0.3) is 0 Å². The van der Waals surface area contributed by atoms with Crippen molar-refractivity contribution in [2.75, 3.05) is 34.5 Å². The van der Waals surface area contributed by atoms with Crippen molar-refractivity contribution in [1.82, 2.24) is 0 Å². The minimum Gasteiger partial charge on any atom is -0.162 e. The highest BCUT2D eigenvalue weighted by atomic mass is 32.2. The Morgan fingerprint density at radius 1 is 0.213 bits per heavy atom. The Bertz CT molecular complexity index is 1470. The summed E-state index contributed by atoms with van der Waals surface area (Å²) in [6.45, 7) is 44.4. The molecule has 0 bridgehead atoms. The third kappa shape index (κ3) is 31.3. The van der Waals surface area contributed by atoms with Gasteiger partial charge in [-0.1, -0.05) is 150 Å². The van der Waals surface area contributed by atoms with Crippen LogP contribution in [0.4, 0.5) is 0 Å². The molecule has 4 aliphatic carbocycles. The van der Waals surface area contributed by atoms with E-state index in [9.17, 15) is 0 Å². The van der Waals surface area contributed by atoms with Gasteiger partial charge in [-0.15, -0.1) is 0 Å². The Morgan fingerprint density at radius 3 is 0.667 bits per heavy atom. The molecule has 0 nitrogen and oxygen atoms in total. The molecule has 0 aliphatic heterocycles. The van der Waals surface area contributed by atoms with E-state index in [4.69, 9.17) is 0 Å². The molecule has 0 spiro atoms. The van der Waals surface area contributed by atoms with Gasteiger partial charge in [-0.3, -0.25) is 0 Å². The van der Waals surface area contributed by atoms with Crippen LogP contribution in [0.2, 0.25) is 0 Å². The van der Waals surface area contributed by atoms with E-state index in [1.807, 2.05) is 0 Å². The van der Waals surface area contributed by atoms with Crippen molar-refractivity contribution < 1.29 is 0 Å². The van der Waals surface area contributed by atoms with Crippen molar-refractivity contribution >= 4 is 35.3 Å². The molecule has 4 aliphatic rings. The molecule has 0 N–H and O–H groups in total. The lowest BCUT2D eigenvalue weighted by Gasteiger charge is -2.39. The first-order chi connectivity index (χ1) is 34.9. The van der Waals surface area contributed by atoms with Gasteiger partial charge in [0.2, 0.25) is 0 Å². The van der Waals surface area contributed by atoms with Crippen LogP contribution in [-0.2, 0) is 0 Å². The summed E-state index contributed by atoms with van der Waals surface area (Å²) in [6.07, 6.45) is 44.4. The third-order valence-electron chi connectivity index (χ3n) is 20.5. The van der Waals surface area contributed by atoms with Crippen LogP contribution in [0.25, 0.3) is 0 Å². The highest BCUT2D eigenvalue weighted by molar-refractivity contribution is 7.99. The quantitative estimate of drug-likeness (QED) is 0.0658. The van der Waals surface area contributed by atoms with Crippen LogP contribution in [0.3, 0.4) is 0 Å². The van der Waals surface area contributed by atoms with Gasteiger partial charge in [-0.25, -0.2) is 0 Å². The lowest BCUT2D eigenvalue weighted by Crippen LogP contribution is -2.28. The van der Waals surface area contributed by atoms with Gasteiger partial charge in [0.15, 0.2) is 0 Å². The molecule has 0 saturated heterocycles. The summed E-state index contributed by atoms with van der Waals surface area (Å²) in [4.78, 5) is 0. The number of thioether (sulfide) groups is 3. The van der Waals surface area contributed by atoms with Gasteiger partial charge in [-0.2, -0.15) is 35.3 Å². The molecular formula is C72H138S3. The van der Waals surface area contributed by atoms with Crippen LogP contribution in [0.5, 0.6) is 0 Å². The molecule has 0 heterocycles. The van der Waals surface area contributed by atoms with E-state index < -0.39 is 0 Å². The van der Waals surface area contributed by atoms with Crippen molar-refractivity contribution in [3.63, 3.8) is 0 Å². The minimum atomic E-state index is 0.460. The minimum absolute atomic E-state index is 0.460. The first-order valence-electron chi connectivity index (χ1n) is 33.6. The first kappa shape index (κ1) is 68.5. The zero-order valence-corrected chi connectivity index (χ0v) is 57.1. The molecule has 12 atom stereocenters. The molecule has 3 heteroatoms. The van der Waals surface area contributed by atoms with E-state index in [-0.39, 0.29) is 0 Å². The predicted molar refractivity (Wildman–Crippen MR) is 349 cm³/mol. The first-order valence-corrected chi connectivity index (χ1v) is 37.1. The Hall–Kier alpha value is 1.05. The zero-order valence-electron chi connectivity index (χ0n) is 54.6. The van der Waals surface area contributed by atoms with Gasteiger partial charge >= 0.3 is 0 Å². The maximum absolute atomic E-state index is 2.49. The highest BCUT2D eigenvalue weighted by Gasteiger charge is 2.36. The molecule has 444 valence electrons. The molecule has 75 heavy (non-hydrogen) atoms. The fourth-order valence-electron chi connectivity index (χ4n) is 15.2. The van der Waals surface area contributed by atoms with Crippen LogP contribution in [0.1, 0.15) is 317 Å². The SMILES string of the molecule is CC(C)(C)CCC1CCC(CCSCCC2CCC(CCSCCC3CCC(CCC(C)(C)C)C(CCSCCC4CCC(CCC(C)(C)C)C(CCC(C)(C)C)C4)C3)C(CCC(C)(C)C)C2)C(CCC(C)(C)C)C1. The normalized spacial score (nSPS) is 30.0. The predicted octanol–water partition coefficient (Wildman–Crippen LogP) is 24.6. The molecule has 0 amide bonds. The second-order valence-corrected chi connectivity index (χ2v) is 38.6. The Balaban J connectivity index is 1.17. The van der Waals surface area contributed by atoms with Crippen LogP contribution >= 0.6 is 35.3 Å². The zero-order chi connectivity index (χ0) is 55.5. The van der Waals surface area contributed by atoms with E-state index in [0.29, 0.717) is 32.5 Å². The average Bonchev–Trinajstić information content (AvgIpc) is 3.29. The van der Waals surface area contributed by atoms with E-state index >= 15 is 0 Å². The molecule has 4 saturated carbocycles. The van der Waals surface area contributed by atoms with E-state index in [0.717, 1.165) is 71.0 Å². The van der Waals surface area contributed by atoms with Crippen molar-refractivity contribution in [3.8, 4) is 0 Å². The van der Waals surface area contributed by atoms with Crippen molar-refractivity contribution in [2.24, 2.45) is 104 Å². The average molecular weight is 1100 g/mol. The molecule has 0 aromatic heterocycles. The maximum atomic E-state index is 2.49. The van der Waals surface area contributed by atoms with Crippen LogP contribution in [0.15, 0.2) is 0 Å². The van der Waals surface area contributed by atoms with Crippen LogP contribution in [0, 0.1) is 104 Å². The summed E-state index contributed by atoms with van der Waals surface area (Å²) in [7, 11) is 0. The molecular weight excluding hydrogens is 961 g/mol. The molecule has 0 aromatic rings. The summed E-state index contributed by atoms with van der Waals surface area (Å²) >= 11 is 7.05. The van der Waals surface area contributed by atoms with Crippen molar-refractivity contribution in [2.45, 2.75) is 317 Å². The lowest BCUT2D eigenvalue weighted by molar-refractivity contribution is 0.131. The molecule has 4 fully saturated rings. The number of hydrogen-bond acceptors (Lipinski definition) is 3. The smallest absolute Gasteiger partial charge is 0.00648 e. The molecule has 4 rings (SSSR count). The monoisotopic (exact) mass is 1100 g/mol. The van der Waals surface area contributed by atoms with Crippen molar-refractivity contribution in [1.29, 1.82) is 0 Å². The fraction of sp³-hybridized carbons (Fsp3) is 1.00. The van der Waals surface area contributed by atoms with Crippen LogP contribution < -0.4 is 0 Å². The van der Waals surface area contributed by atoms with Crippen molar-refractivity contribution in [3.05, 3.63) is 0 Å². The summed E-state index contributed by atoms with van der Waals surface area (Å²) in [5.74, 6) is 20.3. The lowest BCUT2D eigenvalue weighted by atomic mass is 9.67. The van der Waals surface area contributed by atoms with Crippen LogP contribution in [-0.4, -0.2) is 34.5 Å². The van der Waals surface area contributed by atoms with Gasteiger partial charge in [0.05, 0.1) is 0 Å². The number of rotatable bonds is 30. The summed E-state index contributed by atoms with van der Waals surface area (Å²) in [5.41, 5.74) is 2.82. The topological polar surface area (TPSA) is 0 Å². The fourth-order valence-corrected chi connectivity index (χ4v) is 18.7. The largest absolute Gasteiger partial charge is 0.162 e. The molecule has 12 unspecified atom stereocenters. The Kier molecular flexibility index (Phi) is 30.0. The number of hydrogen-bond donors (Lipinski definition) is 0. The summed E-state index contributed by atoms with van der Waals surface area (Å²) < 4.78 is 0. The summed E-state index contributed by atoms with van der Waals surface area (Å²) in [6, 6.07) is 0. The highest BCUT2D eigenvalue weighted by Crippen LogP contribution is 2.48. The maximum Gasteiger partial charge on any atom is -0.00648 e. The molecule has 0 radical (unpaired) electrons. The van der Waals surface area contributed by atoms with E-state index in [1.165, 1.54) is 227 Å². The van der Waals surface area contributed by atoms with Gasteiger partial charge in [0, 0.05) is 0 Å². The second-order valence-electron chi connectivity index (χ2n) is 35.0. The Morgan fingerprint density at radius 2 is 0.400 bits per heavy atom. The van der Waals surface area contributed by atoms with E-state index in [1.54, 1.807) is 0 Å². The van der Waals surface area contributed by atoms with E-state index in [2.05, 4.69) is 160 Å². The third-order valence-corrected chi connectivity index (χ3v) is 23.7. The second kappa shape index (κ2) is 32.8. The molecule has 0 aromatic carbocycles. The van der Waals surface area contributed by atoms with Gasteiger partial charge in [-0.05, 0) is 305 Å².